The Morgan fingerprint density at radius 1 is 0.944 bits per heavy atom. The third-order valence-electron chi connectivity index (χ3n) is 3.65. The summed E-state index contributed by atoms with van der Waals surface area (Å²) in [5.41, 5.74) is 3.67. The Morgan fingerprint density at radius 2 is 1.78 bits per heavy atom. The monoisotopic (exact) mass is 237 g/mol. The van der Waals surface area contributed by atoms with Gasteiger partial charge in [-0.2, -0.15) is 0 Å². The van der Waals surface area contributed by atoms with E-state index in [1.54, 1.807) is 0 Å². The first-order valence-electron chi connectivity index (χ1n) is 6.24. The molecule has 2 heterocycles. The van der Waals surface area contributed by atoms with Gasteiger partial charge in [0, 0.05) is 6.42 Å². The molecule has 2 atom stereocenters. The molecule has 2 unspecified atom stereocenters. The van der Waals surface area contributed by atoms with Gasteiger partial charge in [0.05, 0.1) is 0 Å². The standard InChI is InChI=1S/C16H13O2/c1-3-7-13-12(6-1)10-17-16(13)15-9-11-5-2-4-8-14(11)18-15/h1-8,10,15-16H,9H2. The van der Waals surface area contributed by atoms with Crippen LogP contribution in [0.1, 0.15) is 22.8 Å². The van der Waals surface area contributed by atoms with Crippen molar-refractivity contribution in [3.8, 4) is 5.75 Å². The molecule has 0 amide bonds. The van der Waals surface area contributed by atoms with E-state index in [1.807, 2.05) is 24.8 Å². The Hall–Kier alpha value is -1.80. The minimum absolute atomic E-state index is 0.0219. The first kappa shape index (κ1) is 10.2. The van der Waals surface area contributed by atoms with E-state index in [-0.39, 0.29) is 12.2 Å². The number of hydrogen-bond acceptors (Lipinski definition) is 2. The van der Waals surface area contributed by atoms with Gasteiger partial charge in [0.2, 0.25) is 0 Å². The SMILES string of the molecule is [CH]1OC(C2Cc3ccccc3O2)c2ccccc21. The second-order valence-electron chi connectivity index (χ2n) is 4.77. The van der Waals surface area contributed by atoms with Crippen LogP contribution >= 0.6 is 0 Å². The number of hydrogen-bond donors (Lipinski definition) is 0. The Labute approximate surface area is 106 Å². The van der Waals surface area contributed by atoms with E-state index in [4.69, 9.17) is 9.47 Å². The number of benzene rings is 2. The molecule has 2 aromatic carbocycles. The van der Waals surface area contributed by atoms with Gasteiger partial charge in [0.1, 0.15) is 24.6 Å². The summed E-state index contributed by atoms with van der Waals surface area (Å²) in [5, 5.41) is 0. The summed E-state index contributed by atoms with van der Waals surface area (Å²) in [6, 6.07) is 16.5. The molecule has 2 aliphatic heterocycles. The lowest BCUT2D eigenvalue weighted by Gasteiger charge is -2.18. The van der Waals surface area contributed by atoms with Crippen molar-refractivity contribution >= 4 is 0 Å². The fourth-order valence-corrected chi connectivity index (χ4v) is 2.76. The van der Waals surface area contributed by atoms with Crippen molar-refractivity contribution in [1.82, 2.24) is 0 Å². The molecule has 1 radical (unpaired) electrons. The number of rotatable bonds is 1. The van der Waals surface area contributed by atoms with Crippen LogP contribution in [0.5, 0.6) is 5.75 Å². The quantitative estimate of drug-likeness (QED) is 0.757. The molecule has 18 heavy (non-hydrogen) atoms. The second-order valence-corrected chi connectivity index (χ2v) is 4.77. The zero-order valence-electron chi connectivity index (χ0n) is 9.87. The molecule has 0 saturated heterocycles. The van der Waals surface area contributed by atoms with E-state index < -0.39 is 0 Å². The summed E-state index contributed by atoms with van der Waals surface area (Å²) < 4.78 is 11.8. The van der Waals surface area contributed by atoms with Crippen molar-refractivity contribution in [2.24, 2.45) is 0 Å². The third kappa shape index (κ3) is 1.46. The van der Waals surface area contributed by atoms with E-state index >= 15 is 0 Å². The lowest BCUT2D eigenvalue weighted by Crippen LogP contribution is -2.22. The smallest absolute Gasteiger partial charge is 0.133 e. The molecular formula is C16H13O2. The molecule has 89 valence electrons. The predicted molar refractivity (Wildman–Crippen MR) is 68.2 cm³/mol. The average molecular weight is 237 g/mol. The summed E-state index contributed by atoms with van der Waals surface area (Å²) in [6.45, 7) is 1.84. The van der Waals surface area contributed by atoms with Gasteiger partial charge in [-0.25, -0.2) is 0 Å². The van der Waals surface area contributed by atoms with E-state index in [1.165, 1.54) is 16.7 Å². The maximum atomic E-state index is 6.00. The van der Waals surface area contributed by atoms with Crippen molar-refractivity contribution in [1.29, 1.82) is 0 Å². The zero-order valence-corrected chi connectivity index (χ0v) is 9.87. The van der Waals surface area contributed by atoms with Gasteiger partial charge >= 0.3 is 0 Å². The first-order chi connectivity index (χ1) is 8.92. The first-order valence-corrected chi connectivity index (χ1v) is 6.24. The molecular weight excluding hydrogens is 224 g/mol. The highest BCUT2D eigenvalue weighted by Crippen LogP contribution is 2.40. The van der Waals surface area contributed by atoms with Gasteiger partial charge in [-0.15, -0.1) is 0 Å². The molecule has 0 spiro atoms. The molecule has 0 bridgehead atoms. The van der Waals surface area contributed by atoms with E-state index in [0.29, 0.717) is 0 Å². The van der Waals surface area contributed by atoms with Crippen LogP contribution in [0.25, 0.3) is 0 Å². The third-order valence-corrected chi connectivity index (χ3v) is 3.65. The lowest BCUT2D eigenvalue weighted by molar-refractivity contribution is 0.0338. The van der Waals surface area contributed by atoms with Crippen molar-refractivity contribution in [3.63, 3.8) is 0 Å². The molecule has 0 aromatic heterocycles. The lowest BCUT2D eigenvalue weighted by atomic mass is 9.99. The molecule has 2 aromatic rings. The van der Waals surface area contributed by atoms with Crippen molar-refractivity contribution in [2.45, 2.75) is 18.6 Å². The zero-order chi connectivity index (χ0) is 11.9. The van der Waals surface area contributed by atoms with E-state index in [0.717, 1.165) is 12.2 Å². The second kappa shape index (κ2) is 3.85. The Balaban J connectivity index is 1.65. The highest BCUT2D eigenvalue weighted by Gasteiger charge is 2.36. The molecule has 2 aliphatic rings. The molecule has 4 rings (SSSR count). The minimum Gasteiger partial charge on any atom is -0.487 e. The predicted octanol–water partition coefficient (Wildman–Crippen LogP) is 3.27. The summed E-state index contributed by atoms with van der Waals surface area (Å²) in [5.74, 6) is 0.996. The number of ether oxygens (including phenoxy) is 2. The van der Waals surface area contributed by atoms with Crippen molar-refractivity contribution in [2.75, 3.05) is 0 Å². The van der Waals surface area contributed by atoms with Crippen LogP contribution in [0.3, 0.4) is 0 Å². The van der Waals surface area contributed by atoms with Gasteiger partial charge in [-0.05, 0) is 22.8 Å². The maximum Gasteiger partial charge on any atom is 0.133 e. The maximum absolute atomic E-state index is 6.00. The van der Waals surface area contributed by atoms with Gasteiger partial charge in [0.25, 0.3) is 0 Å². The largest absolute Gasteiger partial charge is 0.487 e. The minimum atomic E-state index is 0.0219. The van der Waals surface area contributed by atoms with E-state index in [9.17, 15) is 0 Å². The van der Waals surface area contributed by atoms with Crippen LogP contribution in [0.4, 0.5) is 0 Å². The van der Waals surface area contributed by atoms with Crippen molar-refractivity contribution < 1.29 is 9.47 Å². The fraction of sp³-hybridized carbons (Fsp3) is 0.188. The van der Waals surface area contributed by atoms with Gasteiger partial charge in [-0.1, -0.05) is 42.5 Å². The number of fused-ring (bicyclic) bond motifs is 2. The topological polar surface area (TPSA) is 18.5 Å². The Kier molecular flexibility index (Phi) is 2.17. The van der Waals surface area contributed by atoms with Crippen LogP contribution in [-0.4, -0.2) is 6.10 Å². The number of para-hydroxylation sites is 1. The normalized spacial score (nSPS) is 24.4. The van der Waals surface area contributed by atoms with Crippen molar-refractivity contribution in [3.05, 3.63) is 71.8 Å². The van der Waals surface area contributed by atoms with Crippen LogP contribution in [-0.2, 0) is 11.2 Å². The molecule has 0 N–H and O–H groups in total. The van der Waals surface area contributed by atoms with Crippen LogP contribution < -0.4 is 4.74 Å². The van der Waals surface area contributed by atoms with Gasteiger partial charge < -0.3 is 9.47 Å². The Morgan fingerprint density at radius 3 is 2.72 bits per heavy atom. The summed E-state index contributed by atoms with van der Waals surface area (Å²) >= 11 is 0. The Bertz CT molecular complexity index is 566. The summed E-state index contributed by atoms with van der Waals surface area (Å²) in [6.07, 6.45) is 1.03. The van der Waals surface area contributed by atoms with Crippen LogP contribution in [0.15, 0.2) is 48.5 Å². The summed E-state index contributed by atoms with van der Waals surface area (Å²) in [7, 11) is 0. The molecule has 0 aliphatic carbocycles. The fourth-order valence-electron chi connectivity index (χ4n) is 2.76. The molecule has 0 saturated carbocycles. The van der Waals surface area contributed by atoms with Crippen LogP contribution in [0, 0.1) is 6.61 Å². The highest BCUT2D eigenvalue weighted by molar-refractivity contribution is 5.42. The molecule has 2 heteroatoms. The molecule has 2 nitrogen and oxygen atoms in total. The van der Waals surface area contributed by atoms with E-state index in [2.05, 4.69) is 30.3 Å². The molecule has 0 fully saturated rings. The van der Waals surface area contributed by atoms with Gasteiger partial charge in [0.15, 0.2) is 0 Å². The highest BCUT2D eigenvalue weighted by atomic mass is 16.5. The van der Waals surface area contributed by atoms with Gasteiger partial charge in [-0.3, -0.25) is 0 Å². The summed E-state index contributed by atoms with van der Waals surface area (Å²) in [4.78, 5) is 0. The van der Waals surface area contributed by atoms with Crippen LogP contribution in [0.2, 0.25) is 0 Å². The average Bonchev–Trinajstić information content (AvgIpc) is 3.02.